The van der Waals surface area contributed by atoms with Crippen LogP contribution in [0.1, 0.15) is 33.6 Å². The number of aromatic nitrogens is 1. The maximum absolute atomic E-state index is 13.8. The van der Waals surface area contributed by atoms with Crippen LogP contribution in [0.5, 0.6) is 5.75 Å². The van der Waals surface area contributed by atoms with Crippen LogP contribution in [0.3, 0.4) is 0 Å². The van der Waals surface area contributed by atoms with Crippen molar-refractivity contribution in [2.45, 2.75) is 43.7 Å². The molecular formula is C27H32N4O7. The van der Waals surface area contributed by atoms with Crippen LogP contribution in [-0.4, -0.2) is 80.3 Å². The number of hydrogen-bond acceptors (Lipinski definition) is 9. The highest BCUT2D eigenvalue weighted by molar-refractivity contribution is 6.25. The van der Waals surface area contributed by atoms with E-state index in [2.05, 4.69) is 10.3 Å². The molecule has 0 radical (unpaired) electrons. The quantitative estimate of drug-likeness (QED) is 0.265. The first-order chi connectivity index (χ1) is 18.0. The van der Waals surface area contributed by atoms with Gasteiger partial charge in [-0.15, -0.1) is 0 Å². The zero-order valence-corrected chi connectivity index (χ0v) is 21.2. The summed E-state index contributed by atoms with van der Waals surface area (Å²) in [7, 11) is 3.23. The second-order valence-corrected chi connectivity index (χ2v) is 10.9. The second-order valence-electron chi connectivity index (χ2n) is 10.9. The van der Waals surface area contributed by atoms with E-state index in [1.54, 1.807) is 25.1 Å². The third-order valence-corrected chi connectivity index (χ3v) is 8.56. The molecule has 2 aromatic rings. The number of amides is 1. The number of aliphatic hydroxyl groups is 2. The number of aliphatic hydroxyl groups excluding tert-OH is 1. The van der Waals surface area contributed by atoms with Gasteiger partial charge in [0, 0.05) is 36.9 Å². The molecule has 1 aromatic carbocycles. The van der Waals surface area contributed by atoms with E-state index in [-0.39, 0.29) is 24.2 Å². The van der Waals surface area contributed by atoms with Gasteiger partial charge in [0.05, 0.1) is 17.6 Å². The van der Waals surface area contributed by atoms with Gasteiger partial charge in [-0.2, -0.15) is 0 Å². The monoisotopic (exact) mass is 524 g/mol. The van der Waals surface area contributed by atoms with Gasteiger partial charge in [-0.3, -0.25) is 19.2 Å². The summed E-state index contributed by atoms with van der Waals surface area (Å²) in [5, 5.41) is 36.5. The first kappa shape index (κ1) is 26.2. The number of ketones is 3. The van der Waals surface area contributed by atoms with Gasteiger partial charge < -0.3 is 36.3 Å². The number of primary amides is 1. The smallest absolute Gasteiger partial charge is 0.230 e. The van der Waals surface area contributed by atoms with E-state index in [1.165, 1.54) is 6.07 Å². The van der Waals surface area contributed by atoms with Crippen LogP contribution in [0.4, 0.5) is 0 Å². The van der Waals surface area contributed by atoms with E-state index >= 15 is 0 Å². The number of carbonyl (C=O) groups excluding carboxylic acids is 4. The number of nitrogens with two attached hydrogens (primary N) is 1. The van der Waals surface area contributed by atoms with Crippen molar-refractivity contribution in [3.8, 4) is 5.75 Å². The molecule has 11 heteroatoms. The van der Waals surface area contributed by atoms with Crippen LogP contribution in [0.2, 0.25) is 0 Å². The molecule has 202 valence electrons. The number of benzene rings is 1. The van der Waals surface area contributed by atoms with Crippen molar-refractivity contribution in [2.75, 3.05) is 14.1 Å². The lowest BCUT2D eigenvalue weighted by atomic mass is 9.52. The first-order valence-electron chi connectivity index (χ1n) is 12.6. The van der Waals surface area contributed by atoms with Gasteiger partial charge in [-0.25, -0.2) is 0 Å². The normalized spacial score (nSPS) is 32.6. The van der Waals surface area contributed by atoms with Crippen LogP contribution in [0.15, 0.2) is 30.5 Å². The van der Waals surface area contributed by atoms with Crippen molar-refractivity contribution >= 4 is 23.3 Å². The molecule has 2 fully saturated rings. The molecule has 3 unspecified atom stereocenters. The minimum Gasteiger partial charge on any atom is -0.507 e. The number of rotatable bonds is 6. The molecule has 1 amide bonds. The van der Waals surface area contributed by atoms with Crippen LogP contribution < -0.4 is 11.1 Å². The lowest BCUT2D eigenvalue weighted by molar-refractivity contribution is -0.190. The summed E-state index contributed by atoms with van der Waals surface area (Å²) in [6.45, 7) is 0.965. The van der Waals surface area contributed by atoms with Gasteiger partial charge in [-0.1, -0.05) is 6.07 Å². The van der Waals surface area contributed by atoms with Gasteiger partial charge in [0.1, 0.15) is 11.7 Å². The summed E-state index contributed by atoms with van der Waals surface area (Å²) < 4.78 is 0. The molecule has 7 N–H and O–H groups in total. The van der Waals surface area contributed by atoms with Gasteiger partial charge in [0.15, 0.2) is 23.0 Å². The Bertz CT molecular complexity index is 1310. The number of H-pyrrole nitrogens is 1. The fourth-order valence-corrected chi connectivity index (χ4v) is 6.86. The van der Waals surface area contributed by atoms with E-state index in [9.17, 15) is 34.5 Å². The lowest BCUT2D eigenvalue weighted by Crippen LogP contribution is -2.75. The van der Waals surface area contributed by atoms with Crippen molar-refractivity contribution in [2.24, 2.45) is 29.4 Å². The minimum atomic E-state index is -2.66. The van der Waals surface area contributed by atoms with Crippen molar-refractivity contribution in [1.82, 2.24) is 15.2 Å². The van der Waals surface area contributed by atoms with E-state index < -0.39 is 64.7 Å². The zero-order chi connectivity index (χ0) is 27.5. The molecule has 2 saturated carbocycles. The molecule has 5 rings (SSSR count). The molecule has 7 atom stereocenters. The van der Waals surface area contributed by atoms with E-state index in [1.807, 2.05) is 18.3 Å². The first-order valence-corrected chi connectivity index (χ1v) is 12.6. The topological polar surface area (TPSA) is 186 Å². The Morgan fingerprint density at radius 1 is 1.18 bits per heavy atom. The number of hydrogen-bond donors (Lipinski definition) is 6. The van der Waals surface area contributed by atoms with Crippen LogP contribution in [-0.2, 0) is 33.9 Å². The molecule has 1 heterocycles. The number of aromatic amines is 1. The van der Waals surface area contributed by atoms with Crippen molar-refractivity contribution in [3.05, 3.63) is 52.8 Å². The predicted octanol–water partition coefficient (Wildman–Crippen LogP) is -0.723. The highest BCUT2D eigenvalue weighted by Crippen LogP contribution is 2.51. The fourth-order valence-electron chi connectivity index (χ4n) is 6.86. The summed E-state index contributed by atoms with van der Waals surface area (Å²) in [6, 6.07) is 6.03. The Kier molecular flexibility index (Phi) is 6.50. The zero-order valence-electron chi connectivity index (χ0n) is 21.2. The van der Waals surface area contributed by atoms with E-state index in [0.717, 1.165) is 11.3 Å². The third kappa shape index (κ3) is 3.80. The average molecular weight is 525 g/mol. The number of nitrogens with zero attached hydrogens (tertiary/aromatic N) is 1. The van der Waals surface area contributed by atoms with E-state index in [0.29, 0.717) is 18.7 Å². The third-order valence-electron chi connectivity index (χ3n) is 8.56. The van der Waals surface area contributed by atoms with Gasteiger partial charge in [0.2, 0.25) is 5.91 Å². The fraction of sp³-hybridized carbons (Fsp3) is 0.481. The van der Waals surface area contributed by atoms with Crippen molar-refractivity contribution in [1.29, 1.82) is 0 Å². The lowest BCUT2D eigenvalue weighted by Gasteiger charge is -2.54. The average Bonchev–Trinajstić information content (AvgIpc) is 3.36. The molecule has 0 saturated heterocycles. The highest BCUT2D eigenvalue weighted by atomic mass is 16.3. The SMILES string of the molecule is CN(C)[C@H]1C(O)C(C(N)=O)C(=O)[C@]2(O)C(=O)C3C(=O)c4c(O)ccc(CNCc5ccc[nH]5)c4C[C@@H]3C[C@H]12. The Hall–Kier alpha value is -3.38. The Morgan fingerprint density at radius 2 is 1.92 bits per heavy atom. The van der Waals surface area contributed by atoms with Crippen LogP contribution in [0, 0.1) is 23.7 Å². The summed E-state index contributed by atoms with van der Waals surface area (Å²) >= 11 is 0. The number of nitrogens with one attached hydrogen (secondary N) is 2. The van der Waals surface area contributed by atoms with Crippen LogP contribution in [0.25, 0.3) is 0 Å². The number of phenolic OH excluding ortho intramolecular Hbond substituents is 1. The molecule has 0 aliphatic heterocycles. The molecule has 38 heavy (non-hydrogen) atoms. The summed E-state index contributed by atoms with van der Waals surface area (Å²) in [6.07, 6.45) is 0.647. The number of carbonyl (C=O) groups is 4. The summed E-state index contributed by atoms with van der Waals surface area (Å²) in [5.41, 5.74) is 5.15. The Balaban J connectivity index is 1.52. The summed E-state index contributed by atoms with van der Waals surface area (Å²) in [4.78, 5) is 57.7. The Labute approximate surface area is 219 Å². The molecule has 11 nitrogen and oxygen atoms in total. The molecule has 0 bridgehead atoms. The van der Waals surface area contributed by atoms with Gasteiger partial charge in [-0.05, 0) is 62.2 Å². The molecule has 3 aliphatic rings. The maximum Gasteiger partial charge on any atom is 0.230 e. The molecule has 0 spiro atoms. The number of aromatic hydroxyl groups is 1. The van der Waals surface area contributed by atoms with Gasteiger partial charge in [0.25, 0.3) is 0 Å². The molecule has 1 aromatic heterocycles. The minimum absolute atomic E-state index is 0.0136. The van der Waals surface area contributed by atoms with E-state index in [4.69, 9.17) is 5.73 Å². The van der Waals surface area contributed by atoms with Crippen molar-refractivity contribution in [3.63, 3.8) is 0 Å². The molecule has 3 aliphatic carbocycles. The number of likely N-dealkylation sites (N-methyl/N-ethyl adjacent to an activating group) is 1. The predicted molar refractivity (Wildman–Crippen MR) is 134 cm³/mol. The maximum atomic E-state index is 13.8. The van der Waals surface area contributed by atoms with Gasteiger partial charge >= 0.3 is 0 Å². The second kappa shape index (κ2) is 9.42. The molecular weight excluding hydrogens is 492 g/mol. The van der Waals surface area contributed by atoms with Crippen molar-refractivity contribution < 1.29 is 34.5 Å². The van der Waals surface area contributed by atoms with Crippen LogP contribution >= 0.6 is 0 Å². The number of fused-ring (bicyclic) bond motifs is 3. The number of phenols is 1. The highest BCUT2D eigenvalue weighted by Gasteiger charge is 2.69. The summed E-state index contributed by atoms with van der Waals surface area (Å²) in [5.74, 6) is -9.03. The Morgan fingerprint density at radius 3 is 2.55 bits per heavy atom. The largest absolute Gasteiger partial charge is 0.507 e. The standard InChI is InChI=1S/C27H32N4O7/c1-31(2)21-16-9-13-8-15-12(10-29-11-14-4-3-7-30-14)5-6-17(32)19(15)22(33)18(13)24(35)27(16,38)25(36)20(23(21)34)26(28)37/h3-7,13,16,18,20-21,23,29-30,32,34,38H,8-11H2,1-2H3,(H2,28,37)/t13-,16-,18?,20?,21-,23?,27-/m1/s1. The number of Topliss-reactive ketones (excluding diaryl/α,β-unsaturated/α-hetero) is 3.